The number of aromatic hydroxyl groups is 1. The largest absolute Gasteiger partial charge is 0.507 e. The van der Waals surface area contributed by atoms with E-state index in [1.807, 2.05) is 13.8 Å². The average molecular weight is 460 g/mol. The van der Waals surface area contributed by atoms with Crippen LogP contribution in [0.25, 0.3) is 27.7 Å². The van der Waals surface area contributed by atoms with Crippen LogP contribution in [0.5, 0.6) is 5.75 Å². The first-order valence-corrected chi connectivity index (χ1v) is 10.6. The van der Waals surface area contributed by atoms with Gasteiger partial charge in [-0.2, -0.15) is 5.26 Å². The van der Waals surface area contributed by atoms with Crippen LogP contribution in [-0.4, -0.2) is 20.7 Å². The molecule has 2 N–H and O–H groups in total. The molecular formula is C27H22F2N2O3. The topological polar surface area (TPSA) is 86.3 Å². The zero-order valence-electron chi connectivity index (χ0n) is 18.9. The van der Waals surface area contributed by atoms with Crippen LogP contribution in [0.15, 0.2) is 54.6 Å². The Morgan fingerprint density at radius 3 is 2.47 bits per heavy atom. The van der Waals surface area contributed by atoms with Crippen LogP contribution in [-0.2, 0) is 5.41 Å². The fourth-order valence-corrected chi connectivity index (χ4v) is 4.37. The lowest BCUT2D eigenvalue weighted by atomic mass is 9.81. The van der Waals surface area contributed by atoms with Gasteiger partial charge in [0.1, 0.15) is 22.9 Å². The molecule has 5 nitrogen and oxygen atoms in total. The molecule has 0 aliphatic heterocycles. The Balaban J connectivity index is 2.21. The van der Waals surface area contributed by atoms with Crippen molar-refractivity contribution in [2.45, 2.75) is 32.6 Å². The van der Waals surface area contributed by atoms with Gasteiger partial charge in [0.2, 0.25) is 0 Å². The number of hydrogen-bond donors (Lipinski definition) is 2. The van der Waals surface area contributed by atoms with Gasteiger partial charge in [0, 0.05) is 34.2 Å². The molecule has 0 radical (unpaired) electrons. The monoisotopic (exact) mass is 460 g/mol. The Kier molecular flexibility index (Phi) is 5.62. The van der Waals surface area contributed by atoms with Gasteiger partial charge in [-0.15, -0.1) is 0 Å². The molecule has 0 aliphatic carbocycles. The van der Waals surface area contributed by atoms with Crippen molar-refractivity contribution in [1.29, 1.82) is 5.26 Å². The highest BCUT2D eigenvalue weighted by molar-refractivity contribution is 6.01. The van der Waals surface area contributed by atoms with E-state index in [4.69, 9.17) is 0 Å². The smallest absolute Gasteiger partial charge is 0.339 e. The molecule has 1 heterocycles. The Bertz CT molecular complexity index is 1500. The number of aromatic carboxylic acids is 1. The fraction of sp³-hybridized carbons (Fsp3) is 0.185. The van der Waals surface area contributed by atoms with E-state index in [1.54, 1.807) is 35.8 Å². The minimum atomic E-state index is -1.29. The SMILES string of the molecule is Cc1cc(-n2c(C(C)(C)CC#N)c(-c3ccc(O)c(C(=O)O)c3)c3ccc(F)cc32)ccc1F. The predicted molar refractivity (Wildman–Crippen MR) is 125 cm³/mol. The van der Waals surface area contributed by atoms with E-state index in [-0.39, 0.29) is 23.6 Å². The number of carboxylic acid groups (broad SMARTS) is 1. The molecule has 4 aromatic rings. The number of carbonyl (C=O) groups is 1. The molecule has 1 aromatic heterocycles. The van der Waals surface area contributed by atoms with Crippen LogP contribution in [0.1, 0.15) is 41.9 Å². The highest BCUT2D eigenvalue weighted by Gasteiger charge is 2.32. The number of aryl methyl sites for hydroxylation is 1. The van der Waals surface area contributed by atoms with E-state index < -0.39 is 17.2 Å². The quantitative estimate of drug-likeness (QED) is 0.357. The lowest BCUT2D eigenvalue weighted by Crippen LogP contribution is -2.22. The summed E-state index contributed by atoms with van der Waals surface area (Å²) in [5.41, 5.74) is 2.18. The van der Waals surface area contributed by atoms with Gasteiger partial charge in [-0.25, -0.2) is 13.6 Å². The van der Waals surface area contributed by atoms with E-state index >= 15 is 0 Å². The summed E-state index contributed by atoms with van der Waals surface area (Å²) in [6.07, 6.45) is 0.114. The van der Waals surface area contributed by atoms with Gasteiger partial charge in [-0.05, 0) is 66.6 Å². The number of halogens is 2. The van der Waals surface area contributed by atoms with Crippen LogP contribution < -0.4 is 0 Å². The van der Waals surface area contributed by atoms with Crippen molar-refractivity contribution < 1.29 is 23.8 Å². The van der Waals surface area contributed by atoms with Crippen molar-refractivity contribution in [2.24, 2.45) is 0 Å². The Labute approximate surface area is 195 Å². The molecule has 0 atom stereocenters. The van der Waals surface area contributed by atoms with E-state index in [0.717, 1.165) is 0 Å². The molecule has 34 heavy (non-hydrogen) atoms. The number of phenols is 1. The number of nitriles is 1. The summed E-state index contributed by atoms with van der Waals surface area (Å²) in [6, 6.07) is 15.3. The highest BCUT2D eigenvalue weighted by Crippen LogP contribution is 2.45. The molecule has 4 rings (SSSR count). The lowest BCUT2D eigenvalue weighted by molar-refractivity contribution is 0.0693. The van der Waals surface area contributed by atoms with E-state index in [0.29, 0.717) is 39.0 Å². The number of rotatable bonds is 5. The van der Waals surface area contributed by atoms with Gasteiger partial charge >= 0.3 is 5.97 Å². The molecule has 0 bridgehead atoms. The molecule has 0 unspecified atom stereocenters. The standard InChI is InChI=1S/C27H22F2N2O3/c1-15-12-18(6-8-21(15)29)31-22-14-17(28)5-7-19(22)24(25(31)27(2,3)10-11-30)16-4-9-23(32)20(13-16)26(33)34/h4-9,12-14,32H,10H2,1-3H3,(H,33,34). The average Bonchev–Trinajstić information content (AvgIpc) is 3.11. The third kappa shape index (κ3) is 3.77. The predicted octanol–water partition coefficient (Wildman–Crippen LogP) is 6.48. The Hall–Kier alpha value is -4.18. The first-order valence-electron chi connectivity index (χ1n) is 10.6. The lowest BCUT2D eigenvalue weighted by Gasteiger charge is -2.27. The second kappa shape index (κ2) is 8.31. The second-order valence-electron chi connectivity index (χ2n) is 8.91. The maximum atomic E-state index is 14.5. The van der Waals surface area contributed by atoms with Gasteiger partial charge in [0.25, 0.3) is 0 Å². The molecule has 3 aromatic carbocycles. The molecule has 0 aliphatic rings. The van der Waals surface area contributed by atoms with E-state index in [2.05, 4.69) is 6.07 Å². The molecule has 0 spiro atoms. The van der Waals surface area contributed by atoms with Gasteiger partial charge in [0.15, 0.2) is 0 Å². The van der Waals surface area contributed by atoms with Crippen molar-refractivity contribution in [3.8, 4) is 28.6 Å². The molecule has 0 saturated heterocycles. The number of carboxylic acids is 1. The number of benzene rings is 3. The maximum absolute atomic E-state index is 14.5. The van der Waals surface area contributed by atoms with Gasteiger partial charge in [-0.3, -0.25) is 0 Å². The van der Waals surface area contributed by atoms with Crippen LogP contribution in [0, 0.1) is 29.9 Å². The van der Waals surface area contributed by atoms with E-state index in [1.165, 1.54) is 30.3 Å². The van der Waals surface area contributed by atoms with Crippen molar-refractivity contribution >= 4 is 16.9 Å². The third-order valence-corrected chi connectivity index (χ3v) is 6.01. The van der Waals surface area contributed by atoms with Crippen molar-refractivity contribution in [3.63, 3.8) is 0 Å². The molecule has 7 heteroatoms. The minimum absolute atomic E-state index is 0.114. The normalized spacial score (nSPS) is 11.5. The second-order valence-corrected chi connectivity index (χ2v) is 8.91. The summed E-state index contributed by atoms with van der Waals surface area (Å²) in [5, 5.41) is 29.8. The number of nitrogens with zero attached hydrogens (tertiary/aromatic N) is 2. The first-order chi connectivity index (χ1) is 16.0. The summed E-state index contributed by atoms with van der Waals surface area (Å²) in [5.74, 6) is -2.52. The van der Waals surface area contributed by atoms with Gasteiger partial charge in [0.05, 0.1) is 11.6 Å². The molecular weight excluding hydrogens is 438 g/mol. The number of aromatic nitrogens is 1. The summed E-state index contributed by atoms with van der Waals surface area (Å²) in [4.78, 5) is 11.7. The summed E-state index contributed by atoms with van der Waals surface area (Å²) < 4.78 is 30.3. The molecule has 0 fully saturated rings. The minimum Gasteiger partial charge on any atom is -0.507 e. The van der Waals surface area contributed by atoms with Gasteiger partial charge in [-0.1, -0.05) is 19.9 Å². The van der Waals surface area contributed by atoms with Crippen molar-refractivity contribution in [1.82, 2.24) is 4.57 Å². The first kappa shape index (κ1) is 23.0. The summed E-state index contributed by atoms with van der Waals surface area (Å²) >= 11 is 0. The number of hydrogen-bond acceptors (Lipinski definition) is 3. The van der Waals surface area contributed by atoms with Crippen LogP contribution >= 0.6 is 0 Å². The molecule has 0 amide bonds. The third-order valence-electron chi connectivity index (χ3n) is 6.01. The van der Waals surface area contributed by atoms with Crippen LogP contribution in [0.3, 0.4) is 0 Å². The van der Waals surface area contributed by atoms with Crippen LogP contribution in [0.4, 0.5) is 8.78 Å². The van der Waals surface area contributed by atoms with Crippen molar-refractivity contribution in [3.05, 3.63) is 83.1 Å². The Morgan fingerprint density at radius 2 is 1.82 bits per heavy atom. The Morgan fingerprint density at radius 1 is 1.09 bits per heavy atom. The summed E-state index contributed by atoms with van der Waals surface area (Å²) in [6.45, 7) is 5.37. The fourth-order valence-electron chi connectivity index (χ4n) is 4.37. The number of fused-ring (bicyclic) bond motifs is 1. The molecule has 172 valence electrons. The molecule has 0 saturated carbocycles. The van der Waals surface area contributed by atoms with Crippen LogP contribution in [0.2, 0.25) is 0 Å². The zero-order chi connectivity index (χ0) is 24.8. The van der Waals surface area contributed by atoms with Gasteiger partial charge < -0.3 is 14.8 Å². The zero-order valence-corrected chi connectivity index (χ0v) is 18.9. The van der Waals surface area contributed by atoms with E-state index in [9.17, 15) is 29.1 Å². The maximum Gasteiger partial charge on any atom is 0.339 e. The van der Waals surface area contributed by atoms with Crippen molar-refractivity contribution in [2.75, 3.05) is 0 Å². The highest BCUT2D eigenvalue weighted by atomic mass is 19.1. The summed E-state index contributed by atoms with van der Waals surface area (Å²) in [7, 11) is 0.